The molecule has 0 spiro atoms. The van der Waals surface area contributed by atoms with Crippen LogP contribution in [0.4, 0.5) is 4.39 Å². The number of hydrogen-bond donors (Lipinski definition) is 1. The topological polar surface area (TPSA) is 20.2 Å². The van der Waals surface area contributed by atoms with Crippen molar-refractivity contribution in [2.45, 2.75) is 38.0 Å². The molecule has 0 amide bonds. The maximum Gasteiger partial charge on any atom is 0.123 e. The van der Waals surface area contributed by atoms with Gasteiger partial charge in [-0.3, -0.25) is 0 Å². The third-order valence-corrected chi connectivity index (χ3v) is 2.95. The van der Waals surface area contributed by atoms with Gasteiger partial charge in [0.25, 0.3) is 0 Å². The Kier molecular flexibility index (Phi) is 5.33. The van der Waals surface area contributed by atoms with Crippen LogP contribution < -0.4 is 0 Å². The SMILES string of the molecule is CO.Fc1ccc(C2CCCCC2)cc1. The maximum atomic E-state index is 12.7. The van der Waals surface area contributed by atoms with Gasteiger partial charge in [0.15, 0.2) is 0 Å². The van der Waals surface area contributed by atoms with E-state index in [2.05, 4.69) is 0 Å². The van der Waals surface area contributed by atoms with Gasteiger partial charge in [-0.2, -0.15) is 0 Å². The van der Waals surface area contributed by atoms with E-state index in [-0.39, 0.29) is 5.82 Å². The minimum absolute atomic E-state index is 0.125. The molecule has 1 N–H and O–H groups in total. The summed E-state index contributed by atoms with van der Waals surface area (Å²) in [6, 6.07) is 7.02. The fraction of sp³-hybridized carbons (Fsp3) is 0.538. The molecule has 1 fully saturated rings. The lowest BCUT2D eigenvalue weighted by atomic mass is 9.84. The number of halogens is 1. The number of aliphatic hydroxyl groups is 1. The quantitative estimate of drug-likeness (QED) is 0.752. The summed E-state index contributed by atoms with van der Waals surface area (Å²) in [5.41, 5.74) is 1.32. The zero-order valence-electron chi connectivity index (χ0n) is 9.25. The number of rotatable bonds is 1. The highest BCUT2D eigenvalue weighted by Crippen LogP contribution is 2.32. The van der Waals surface area contributed by atoms with Gasteiger partial charge in [-0.05, 0) is 36.5 Å². The summed E-state index contributed by atoms with van der Waals surface area (Å²) in [5.74, 6) is 0.564. The first kappa shape index (κ1) is 12.2. The fourth-order valence-electron chi connectivity index (χ4n) is 2.17. The predicted molar refractivity (Wildman–Crippen MR) is 60.4 cm³/mol. The Hall–Kier alpha value is -0.890. The molecule has 2 rings (SSSR count). The normalized spacial score (nSPS) is 16.7. The van der Waals surface area contributed by atoms with Crippen molar-refractivity contribution in [3.8, 4) is 0 Å². The molecule has 0 unspecified atom stereocenters. The van der Waals surface area contributed by atoms with Crippen LogP contribution in [0.2, 0.25) is 0 Å². The first-order valence-electron chi connectivity index (χ1n) is 5.56. The third-order valence-electron chi connectivity index (χ3n) is 2.95. The number of benzene rings is 1. The Bertz CT molecular complexity index is 262. The van der Waals surface area contributed by atoms with Gasteiger partial charge >= 0.3 is 0 Å². The average Bonchev–Trinajstić information content (AvgIpc) is 2.34. The second kappa shape index (κ2) is 6.57. The van der Waals surface area contributed by atoms with Crippen molar-refractivity contribution in [3.63, 3.8) is 0 Å². The molecule has 84 valence electrons. The Morgan fingerprint density at radius 3 is 2.07 bits per heavy atom. The lowest BCUT2D eigenvalue weighted by Crippen LogP contribution is -2.04. The van der Waals surface area contributed by atoms with E-state index in [4.69, 9.17) is 5.11 Å². The number of hydrogen-bond acceptors (Lipinski definition) is 1. The molecule has 0 radical (unpaired) electrons. The second-order valence-electron chi connectivity index (χ2n) is 3.89. The van der Waals surface area contributed by atoms with Crippen LogP contribution in [0.15, 0.2) is 24.3 Å². The largest absolute Gasteiger partial charge is 0.400 e. The summed E-state index contributed by atoms with van der Waals surface area (Å²) in [6.45, 7) is 0. The van der Waals surface area contributed by atoms with Crippen LogP contribution in [0.25, 0.3) is 0 Å². The van der Waals surface area contributed by atoms with E-state index in [1.54, 1.807) is 12.1 Å². The molecule has 2 heteroatoms. The van der Waals surface area contributed by atoms with Crippen molar-refractivity contribution in [1.82, 2.24) is 0 Å². The van der Waals surface area contributed by atoms with E-state index in [1.807, 2.05) is 12.1 Å². The molecule has 1 aromatic carbocycles. The highest BCUT2D eigenvalue weighted by Gasteiger charge is 2.14. The Labute approximate surface area is 90.9 Å². The molecule has 1 aliphatic carbocycles. The van der Waals surface area contributed by atoms with Gasteiger partial charge < -0.3 is 5.11 Å². The lowest BCUT2D eigenvalue weighted by Gasteiger charge is -2.21. The summed E-state index contributed by atoms with van der Waals surface area (Å²) >= 11 is 0. The minimum Gasteiger partial charge on any atom is -0.400 e. The average molecular weight is 210 g/mol. The molecule has 15 heavy (non-hydrogen) atoms. The van der Waals surface area contributed by atoms with Crippen LogP contribution in [-0.2, 0) is 0 Å². The fourth-order valence-corrected chi connectivity index (χ4v) is 2.17. The Morgan fingerprint density at radius 1 is 1.00 bits per heavy atom. The van der Waals surface area contributed by atoms with Crippen molar-refractivity contribution in [2.75, 3.05) is 7.11 Å². The molecule has 0 heterocycles. The molecule has 1 nitrogen and oxygen atoms in total. The molecule has 0 saturated heterocycles. The molecular formula is C13H19FO. The Balaban J connectivity index is 0.000000531. The van der Waals surface area contributed by atoms with Crippen molar-refractivity contribution in [3.05, 3.63) is 35.6 Å². The minimum atomic E-state index is -0.125. The van der Waals surface area contributed by atoms with E-state index in [0.29, 0.717) is 5.92 Å². The molecule has 1 aromatic rings. The van der Waals surface area contributed by atoms with E-state index >= 15 is 0 Å². The molecule has 0 aliphatic heterocycles. The zero-order valence-corrected chi connectivity index (χ0v) is 9.25. The summed E-state index contributed by atoms with van der Waals surface area (Å²) in [5, 5.41) is 7.00. The van der Waals surface area contributed by atoms with Crippen LogP contribution in [0.1, 0.15) is 43.6 Å². The van der Waals surface area contributed by atoms with Crippen LogP contribution >= 0.6 is 0 Å². The molecule has 0 bridgehead atoms. The summed E-state index contributed by atoms with van der Waals surface area (Å²) < 4.78 is 12.7. The van der Waals surface area contributed by atoms with Crippen molar-refractivity contribution < 1.29 is 9.50 Å². The molecule has 0 aromatic heterocycles. The van der Waals surface area contributed by atoms with Gasteiger partial charge in [-0.1, -0.05) is 31.4 Å². The van der Waals surface area contributed by atoms with Crippen LogP contribution in [0.3, 0.4) is 0 Å². The van der Waals surface area contributed by atoms with Crippen LogP contribution in [0, 0.1) is 5.82 Å². The van der Waals surface area contributed by atoms with Gasteiger partial charge in [0.05, 0.1) is 0 Å². The van der Waals surface area contributed by atoms with Gasteiger partial charge in [-0.25, -0.2) is 4.39 Å². The van der Waals surface area contributed by atoms with Gasteiger partial charge in [0, 0.05) is 7.11 Å². The van der Waals surface area contributed by atoms with Crippen molar-refractivity contribution >= 4 is 0 Å². The van der Waals surface area contributed by atoms with Crippen LogP contribution in [0.5, 0.6) is 0 Å². The Morgan fingerprint density at radius 2 is 1.53 bits per heavy atom. The summed E-state index contributed by atoms with van der Waals surface area (Å²) in [4.78, 5) is 0. The highest BCUT2D eigenvalue weighted by atomic mass is 19.1. The van der Waals surface area contributed by atoms with Gasteiger partial charge in [0.2, 0.25) is 0 Å². The molecule has 1 aliphatic rings. The third kappa shape index (κ3) is 3.63. The molecule has 1 saturated carbocycles. The van der Waals surface area contributed by atoms with Gasteiger partial charge in [-0.15, -0.1) is 0 Å². The molecule has 0 atom stereocenters. The standard InChI is InChI=1S/C12H15F.CH4O/c13-12-8-6-11(7-9-12)10-4-2-1-3-5-10;1-2/h6-10H,1-5H2;2H,1H3. The van der Waals surface area contributed by atoms with E-state index < -0.39 is 0 Å². The number of aliphatic hydroxyl groups excluding tert-OH is 1. The van der Waals surface area contributed by atoms with E-state index in [1.165, 1.54) is 37.7 Å². The summed E-state index contributed by atoms with van der Waals surface area (Å²) in [7, 11) is 1.00. The van der Waals surface area contributed by atoms with Crippen molar-refractivity contribution in [1.29, 1.82) is 0 Å². The first-order chi connectivity index (χ1) is 7.36. The highest BCUT2D eigenvalue weighted by molar-refractivity contribution is 5.20. The second-order valence-corrected chi connectivity index (χ2v) is 3.89. The molecular weight excluding hydrogens is 191 g/mol. The van der Waals surface area contributed by atoms with E-state index in [9.17, 15) is 4.39 Å². The predicted octanol–water partition coefficient (Wildman–Crippen LogP) is 3.48. The van der Waals surface area contributed by atoms with Gasteiger partial charge in [0.1, 0.15) is 5.82 Å². The van der Waals surface area contributed by atoms with E-state index in [0.717, 1.165) is 7.11 Å². The smallest absolute Gasteiger partial charge is 0.123 e. The maximum absolute atomic E-state index is 12.7. The monoisotopic (exact) mass is 210 g/mol. The summed E-state index contributed by atoms with van der Waals surface area (Å²) in [6.07, 6.45) is 6.61. The lowest BCUT2D eigenvalue weighted by molar-refractivity contribution is 0.399. The van der Waals surface area contributed by atoms with Crippen LogP contribution in [-0.4, -0.2) is 12.2 Å². The zero-order chi connectivity index (χ0) is 11.1. The first-order valence-corrected chi connectivity index (χ1v) is 5.56. The van der Waals surface area contributed by atoms with Crippen molar-refractivity contribution in [2.24, 2.45) is 0 Å².